The van der Waals surface area contributed by atoms with Gasteiger partial charge in [0, 0.05) is 17.2 Å². The van der Waals surface area contributed by atoms with E-state index in [1.807, 2.05) is 16.8 Å². The van der Waals surface area contributed by atoms with Crippen LogP contribution in [0.5, 0.6) is 17.2 Å². The summed E-state index contributed by atoms with van der Waals surface area (Å²) in [5.41, 5.74) is 4.06. The van der Waals surface area contributed by atoms with Crippen molar-refractivity contribution in [2.75, 3.05) is 33.4 Å². The highest BCUT2D eigenvalue weighted by Gasteiger charge is 2.25. The maximum atomic E-state index is 6.40. The van der Waals surface area contributed by atoms with E-state index in [9.17, 15) is 0 Å². The van der Waals surface area contributed by atoms with E-state index in [4.69, 9.17) is 14.2 Å². The summed E-state index contributed by atoms with van der Waals surface area (Å²) < 4.78 is 20.6. The first kappa shape index (κ1) is 27.9. The third-order valence-corrected chi connectivity index (χ3v) is 7.16. The van der Waals surface area contributed by atoms with Crippen LogP contribution in [0.4, 0.5) is 0 Å². The smallest absolute Gasteiger partial charge is 0.186 e. The molecule has 4 rings (SSSR count). The summed E-state index contributed by atoms with van der Waals surface area (Å²) >= 11 is 0. The highest BCUT2D eigenvalue weighted by atomic mass is 16.5. The molecule has 0 amide bonds. The zero-order valence-electron chi connectivity index (χ0n) is 23.6. The van der Waals surface area contributed by atoms with Gasteiger partial charge in [-0.3, -0.25) is 0 Å². The van der Waals surface area contributed by atoms with E-state index in [1.165, 1.54) is 5.56 Å². The maximum Gasteiger partial charge on any atom is 0.186 e. The molecule has 8 nitrogen and oxygen atoms in total. The Hall–Kier alpha value is -3.13. The summed E-state index contributed by atoms with van der Waals surface area (Å²) in [5, 5.41) is 16.5. The molecule has 3 aromatic rings. The summed E-state index contributed by atoms with van der Waals surface area (Å²) in [5.74, 6) is 3.45. The number of rotatable bonds is 13. The van der Waals surface area contributed by atoms with Gasteiger partial charge in [-0.2, -0.15) is 0 Å². The maximum absolute atomic E-state index is 6.40. The molecule has 1 aliphatic rings. The molecule has 1 N–H and O–H groups in total. The minimum Gasteiger partial charge on any atom is -0.496 e. The van der Waals surface area contributed by atoms with Crippen molar-refractivity contribution in [1.29, 1.82) is 0 Å². The van der Waals surface area contributed by atoms with Gasteiger partial charge in [-0.1, -0.05) is 46.6 Å². The minimum absolute atomic E-state index is 0.243. The number of piperidine rings is 1. The Balaban J connectivity index is 1.90. The van der Waals surface area contributed by atoms with E-state index in [1.54, 1.807) is 7.11 Å². The predicted octanol–water partition coefficient (Wildman–Crippen LogP) is 6.42. The number of ether oxygens (including phenoxy) is 3. The zero-order valence-corrected chi connectivity index (χ0v) is 23.6. The molecule has 1 aliphatic heterocycles. The lowest BCUT2D eigenvalue weighted by molar-refractivity contribution is 0.295. The lowest BCUT2D eigenvalue weighted by Crippen LogP contribution is -2.30. The van der Waals surface area contributed by atoms with Crippen LogP contribution in [0.3, 0.4) is 0 Å². The van der Waals surface area contributed by atoms with E-state index < -0.39 is 0 Å². The summed E-state index contributed by atoms with van der Waals surface area (Å²) in [6.07, 6.45) is 6.03. The van der Waals surface area contributed by atoms with Gasteiger partial charge in [-0.15, -0.1) is 5.10 Å². The highest BCUT2D eigenvalue weighted by Crippen LogP contribution is 2.44. The van der Waals surface area contributed by atoms with Gasteiger partial charge in [-0.25, -0.2) is 4.68 Å². The lowest BCUT2D eigenvalue weighted by Gasteiger charge is -2.24. The molecule has 1 aromatic heterocycles. The van der Waals surface area contributed by atoms with E-state index >= 15 is 0 Å². The number of unbranched alkanes of at least 4 members (excludes halogenated alkanes) is 2. The highest BCUT2D eigenvalue weighted by molar-refractivity contribution is 5.83. The second kappa shape index (κ2) is 13.6. The molecule has 206 valence electrons. The number of nitrogens with zero attached hydrogens (tertiary/aromatic N) is 4. The molecule has 0 aliphatic carbocycles. The van der Waals surface area contributed by atoms with Crippen LogP contribution >= 0.6 is 0 Å². The molecule has 1 saturated heterocycles. The first-order chi connectivity index (χ1) is 18.6. The average molecular weight is 522 g/mol. The second-order valence-corrected chi connectivity index (χ2v) is 10.3. The normalized spacial score (nSPS) is 14.2. The molecular weight excluding hydrogens is 478 g/mol. The topological polar surface area (TPSA) is 83.3 Å². The van der Waals surface area contributed by atoms with Gasteiger partial charge < -0.3 is 19.5 Å². The van der Waals surface area contributed by atoms with Crippen LogP contribution in [0.1, 0.15) is 83.7 Å². The zero-order chi connectivity index (χ0) is 26.9. The Labute approximate surface area is 227 Å². The van der Waals surface area contributed by atoms with Crippen LogP contribution in [0.25, 0.3) is 22.5 Å². The molecule has 0 atom stereocenters. The standard InChI is InChI=1S/C30H43N5O3/c1-6-8-16-37-28-20-29(38-17-9-7-2)26(30-32-33-34-35(30)23-12-14-31-15-13-23)19-25(28)24-18-22(21(3)4)10-11-27(24)36-5/h10-11,18-21,23,31H,6-9,12-17H2,1-5H3. The van der Waals surface area contributed by atoms with Gasteiger partial charge in [-0.05, 0) is 78.9 Å². The van der Waals surface area contributed by atoms with E-state index in [0.29, 0.717) is 19.1 Å². The first-order valence-corrected chi connectivity index (χ1v) is 14.2. The van der Waals surface area contributed by atoms with Crippen LogP contribution in [-0.4, -0.2) is 53.6 Å². The third kappa shape index (κ3) is 6.46. The average Bonchev–Trinajstić information content (AvgIpc) is 3.43. The van der Waals surface area contributed by atoms with Gasteiger partial charge in [0.25, 0.3) is 0 Å². The third-order valence-electron chi connectivity index (χ3n) is 7.16. The summed E-state index contributed by atoms with van der Waals surface area (Å²) in [4.78, 5) is 0. The van der Waals surface area contributed by atoms with Gasteiger partial charge in [0.05, 0.1) is 31.9 Å². The molecule has 0 radical (unpaired) electrons. The monoisotopic (exact) mass is 521 g/mol. The number of benzene rings is 2. The molecule has 38 heavy (non-hydrogen) atoms. The van der Waals surface area contributed by atoms with Gasteiger partial charge in [0.15, 0.2) is 5.82 Å². The fourth-order valence-electron chi connectivity index (χ4n) is 4.80. The Morgan fingerprint density at radius 2 is 1.55 bits per heavy atom. The molecule has 0 bridgehead atoms. The molecule has 0 unspecified atom stereocenters. The number of hydrogen-bond donors (Lipinski definition) is 1. The van der Waals surface area contributed by atoms with Crippen molar-refractivity contribution in [2.24, 2.45) is 0 Å². The molecular formula is C30H43N5O3. The number of hydrogen-bond acceptors (Lipinski definition) is 7. The largest absolute Gasteiger partial charge is 0.496 e. The first-order valence-electron chi connectivity index (χ1n) is 14.2. The van der Waals surface area contributed by atoms with Crippen molar-refractivity contribution < 1.29 is 14.2 Å². The van der Waals surface area contributed by atoms with Crippen molar-refractivity contribution >= 4 is 0 Å². The fraction of sp³-hybridized carbons (Fsp3) is 0.567. The van der Waals surface area contributed by atoms with E-state index in [2.05, 4.69) is 66.7 Å². The number of tetrazole rings is 1. The summed E-state index contributed by atoms with van der Waals surface area (Å²) in [6.45, 7) is 11.9. The van der Waals surface area contributed by atoms with Gasteiger partial charge in [0.1, 0.15) is 17.2 Å². The fourth-order valence-corrected chi connectivity index (χ4v) is 4.80. The van der Waals surface area contributed by atoms with E-state index in [0.717, 1.165) is 91.4 Å². The molecule has 2 heterocycles. The molecule has 8 heteroatoms. The second-order valence-electron chi connectivity index (χ2n) is 10.3. The Morgan fingerprint density at radius 3 is 2.18 bits per heavy atom. The van der Waals surface area contributed by atoms with Crippen molar-refractivity contribution in [3.05, 3.63) is 35.9 Å². The summed E-state index contributed by atoms with van der Waals surface area (Å²) in [6, 6.07) is 10.8. The Morgan fingerprint density at radius 1 is 0.895 bits per heavy atom. The summed E-state index contributed by atoms with van der Waals surface area (Å²) in [7, 11) is 1.71. The van der Waals surface area contributed by atoms with Crippen LogP contribution in [0.15, 0.2) is 30.3 Å². The number of methoxy groups -OCH3 is 1. The molecule has 0 spiro atoms. The van der Waals surface area contributed by atoms with Crippen molar-refractivity contribution in [1.82, 2.24) is 25.5 Å². The van der Waals surface area contributed by atoms with Gasteiger partial charge >= 0.3 is 0 Å². The quantitative estimate of drug-likeness (QED) is 0.260. The number of nitrogens with one attached hydrogen (secondary N) is 1. The Kier molecular flexibility index (Phi) is 9.98. The van der Waals surface area contributed by atoms with Crippen LogP contribution in [-0.2, 0) is 0 Å². The van der Waals surface area contributed by atoms with Gasteiger partial charge in [0.2, 0.25) is 0 Å². The minimum atomic E-state index is 0.243. The SMILES string of the molecule is CCCCOc1cc(OCCCC)c(-c2nnnn2C2CCNCC2)cc1-c1cc(C(C)C)ccc1OC. The van der Waals surface area contributed by atoms with Crippen molar-refractivity contribution in [3.63, 3.8) is 0 Å². The van der Waals surface area contributed by atoms with Crippen LogP contribution in [0.2, 0.25) is 0 Å². The van der Waals surface area contributed by atoms with E-state index in [-0.39, 0.29) is 6.04 Å². The molecule has 2 aromatic carbocycles. The Bertz CT molecular complexity index is 1170. The predicted molar refractivity (Wildman–Crippen MR) is 151 cm³/mol. The lowest BCUT2D eigenvalue weighted by atomic mass is 9.94. The van der Waals surface area contributed by atoms with Crippen molar-refractivity contribution in [2.45, 2.75) is 78.2 Å². The molecule has 0 saturated carbocycles. The number of aromatic nitrogens is 4. The van der Waals surface area contributed by atoms with Crippen LogP contribution in [0, 0.1) is 0 Å². The van der Waals surface area contributed by atoms with Crippen molar-refractivity contribution in [3.8, 4) is 39.8 Å². The molecule has 1 fully saturated rings. The van der Waals surface area contributed by atoms with Crippen LogP contribution < -0.4 is 19.5 Å².